The number of aliphatic hydroxyl groups excluding tert-OH is 1. The smallest absolute Gasteiger partial charge is 1.00 e. The van der Waals surface area contributed by atoms with Crippen LogP contribution in [0.3, 0.4) is 0 Å². The summed E-state index contributed by atoms with van der Waals surface area (Å²) in [6.07, 6.45) is 5.45. The Morgan fingerprint density at radius 3 is 1.49 bits per heavy atom. The van der Waals surface area contributed by atoms with E-state index in [1.807, 2.05) is 0 Å². The molecule has 0 saturated carbocycles. The van der Waals surface area contributed by atoms with E-state index in [2.05, 4.69) is 24.8 Å². The molecule has 0 unspecified atom stereocenters. The van der Waals surface area contributed by atoms with Gasteiger partial charge in [0.2, 0.25) is 17.5 Å². The fourth-order valence-electron chi connectivity index (χ4n) is 3.58. The third-order valence-electron chi connectivity index (χ3n) is 5.28. The summed E-state index contributed by atoms with van der Waals surface area (Å²) in [7, 11) is 6.72. The van der Waals surface area contributed by atoms with Crippen molar-refractivity contribution in [2.75, 3.05) is 42.2 Å². The fourth-order valence-corrected chi connectivity index (χ4v) is 3.58. The number of aliphatic hydroxyl groups is 1. The number of nitrogens with zero attached hydrogens (tertiary/aromatic N) is 2. The van der Waals surface area contributed by atoms with Crippen LogP contribution in [-0.4, -0.2) is 97.2 Å². The Balaban J connectivity index is -0.000000324. The Labute approximate surface area is 396 Å². The van der Waals surface area contributed by atoms with Crippen LogP contribution in [0, 0.1) is 0 Å². The first kappa shape index (κ1) is 50.5. The van der Waals surface area contributed by atoms with E-state index in [9.17, 15) is 24.3 Å². The number of aromatic amines is 2. The van der Waals surface area contributed by atoms with Crippen molar-refractivity contribution < 1.29 is 224 Å². The molecule has 3 N–H and O–H groups in total. The third kappa shape index (κ3) is 13.4. The Hall–Kier alpha value is -0.841. The first-order valence-electron chi connectivity index (χ1n) is 12.0. The minimum Gasteiger partial charge on any atom is -1.00 e. The Morgan fingerprint density at radius 2 is 1.19 bits per heavy atom. The van der Waals surface area contributed by atoms with Gasteiger partial charge in [0.25, 0.3) is 12.3 Å². The van der Waals surface area contributed by atoms with Crippen molar-refractivity contribution in [3.8, 4) is 23.3 Å². The number of nitrogens with one attached hydrogen (secondary N) is 2. The van der Waals surface area contributed by atoms with Crippen LogP contribution in [0.5, 0.6) is 23.3 Å². The monoisotopic (exact) mass is 738 g/mol. The average molecular weight is 739 g/mol. The number of rotatable bonds is 10. The molecular formula is C26H29K3N4O14. The largest absolute Gasteiger partial charge is 1.00 e. The van der Waals surface area contributed by atoms with Crippen LogP contribution in [0.25, 0.3) is 21.8 Å². The minimum absolute atomic E-state index is 0. The molecule has 4 aromatic rings. The number of ketones is 2. The number of Topliss-reactive ketones (excluding diaryl/α,β-unsaturated/α-hetero) is 2. The molecule has 0 aliphatic carbocycles. The van der Waals surface area contributed by atoms with Crippen LogP contribution < -0.4 is 183 Å². The quantitative estimate of drug-likeness (QED) is 0.0259. The number of ether oxygens (including phenoxy) is 5. The number of aliphatic carboxylic acids is 1. The van der Waals surface area contributed by atoms with Gasteiger partial charge in [0.05, 0.1) is 69.3 Å². The van der Waals surface area contributed by atoms with E-state index in [4.69, 9.17) is 38.8 Å². The van der Waals surface area contributed by atoms with Gasteiger partial charge in [0.1, 0.15) is 28.5 Å². The molecular weight excluding hydrogens is 710 g/mol. The zero-order chi connectivity index (χ0) is 33.4. The maximum Gasteiger partial charge on any atom is 1.00 e. The maximum absolute atomic E-state index is 12.1. The maximum atomic E-state index is 12.1. The van der Waals surface area contributed by atoms with Crippen molar-refractivity contribution in [1.82, 2.24) is 19.9 Å². The van der Waals surface area contributed by atoms with Crippen molar-refractivity contribution in [3.05, 3.63) is 35.9 Å². The van der Waals surface area contributed by atoms with E-state index in [1.54, 1.807) is 6.92 Å². The molecule has 240 valence electrons. The normalized spacial score (nSPS) is 8.94. The van der Waals surface area contributed by atoms with Gasteiger partial charge in [-0.15, -0.1) is 0 Å². The van der Waals surface area contributed by atoms with Gasteiger partial charge in [-0.2, -0.15) is 0 Å². The molecule has 0 amide bonds. The van der Waals surface area contributed by atoms with Crippen LogP contribution in [0.1, 0.15) is 29.1 Å². The van der Waals surface area contributed by atoms with Crippen LogP contribution in [0.2, 0.25) is 0 Å². The van der Waals surface area contributed by atoms with E-state index in [-0.39, 0.29) is 191 Å². The topological polar surface area (TPSA) is 264 Å². The molecule has 0 fully saturated rings. The van der Waals surface area contributed by atoms with Gasteiger partial charge in [0, 0.05) is 19.5 Å². The molecule has 0 spiro atoms. The van der Waals surface area contributed by atoms with E-state index < -0.39 is 23.5 Å². The van der Waals surface area contributed by atoms with Crippen LogP contribution in [0.15, 0.2) is 24.8 Å². The SMILES string of the molecule is CCOC(=O)C(=O)c1c[nH]c2c(OC)ncc(OC)c12.CO.COc1ncc(OC)c2c(C(=O)C(=O)[O-])c[nH]c12.O=CO[O-].[H-].[K+].[K+].[K+]. The zero-order valence-corrected chi connectivity index (χ0v) is 36.6. The standard InChI is InChI=1S/C13H14N2O5.C11H10N2O5.CH2O3.CH4O.3K.H/c1-4-20-13(17)11(16)7-5-14-10-9(7)8(18-2)6-15-12(10)19-3;1-17-6-4-13-10(18-2)8-7(6)5(3-12-8)9(14)11(15)16;2-1-4-3;1-2;;;;/h5-6,14H,4H2,1-3H3;3-4,12H,1-2H3,(H,15,16);1,3H;2H,1H3;;;;/q;;;;3*+1;-1/p-2. The fraction of sp³-hybridized carbons (Fsp3) is 0.269. The number of carboxylic acid groups (broad SMARTS) is 1. The van der Waals surface area contributed by atoms with Gasteiger partial charge >= 0.3 is 160 Å². The van der Waals surface area contributed by atoms with Crippen molar-refractivity contribution in [1.29, 1.82) is 0 Å². The Bertz CT molecular complexity index is 1620. The molecule has 47 heavy (non-hydrogen) atoms. The first-order valence-corrected chi connectivity index (χ1v) is 12.0. The van der Waals surface area contributed by atoms with Crippen molar-refractivity contribution in [2.24, 2.45) is 0 Å². The number of methoxy groups -OCH3 is 4. The van der Waals surface area contributed by atoms with Gasteiger partial charge in [-0.1, -0.05) is 0 Å². The number of carbonyl (C=O) groups is 5. The summed E-state index contributed by atoms with van der Waals surface area (Å²) in [5, 5.41) is 26.8. The van der Waals surface area contributed by atoms with E-state index in [0.29, 0.717) is 33.4 Å². The predicted molar refractivity (Wildman–Crippen MR) is 145 cm³/mol. The molecule has 18 nitrogen and oxygen atoms in total. The molecule has 4 rings (SSSR count). The van der Waals surface area contributed by atoms with Crippen molar-refractivity contribution in [2.45, 2.75) is 6.92 Å². The second-order valence-electron chi connectivity index (χ2n) is 7.44. The van der Waals surface area contributed by atoms with E-state index in [0.717, 1.165) is 7.11 Å². The van der Waals surface area contributed by atoms with E-state index in [1.165, 1.54) is 53.2 Å². The number of carbonyl (C=O) groups excluding carboxylic acids is 5. The van der Waals surface area contributed by atoms with Crippen LogP contribution in [0.4, 0.5) is 0 Å². The number of carboxylic acids is 1. The summed E-state index contributed by atoms with van der Waals surface area (Å²) in [4.78, 5) is 70.6. The third-order valence-corrected chi connectivity index (χ3v) is 5.28. The molecule has 0 bridgehead atoms. The first-order chi connectivity index (χ1) is 21.1. The summed E-state index contributed by atoms with van der Waals surface area (Å²) >= 11 is 0. The number of esters is 1. The van der Waals surface area contributed by atoms with Gasteiger partial charge < -0.3 is 60.2 Å². The zero-order valence-electron chi connectivity index (χ0n) is 28.2. The molecule has 0 aliphatic rings. The Morgan fingerprint density at radius 1 is 0.809 bits per heavy atom. The molecule has 0 aliphatic heterocycles. The van der Waals surface area contributed by atoms with Crippen LogP contribution in [-0.2, 0) is 24.0 Å². The van der Waals surface area contributed by atoms with Gasteiger partial charge in [-0.05, 0) is 6.92 Å². The summed E-state index contributed by atoms with van der Waals surface area (Å²) < 4.78 is 25.1. The summed E-state index contributed by atoms with van der Waals surface area (Å²) in [6.45, 7) is 1.59. The van der Waals surface area contributed by atoms with Crippen molar-refractivity contribution in [3.63, 3.8) is 0 Å². The molecule has 0 atom stereocenters. The molecule has 21 heteroatoms. The van der Waals surface area contributed by atoms with Crippen LogP contribution >= 0.6 is 0 Å². The average Bonchev–Trinajstić information content (AvgIpc) is 3.70. The number of hydrogen-bond donors (Lipinski definition) is 3. The Kier molecular flexibility index (Phi) is 29.0. The van der Waals surface area contributed by atoms with Crippen molar-refractivity contribution >= 4 is 51.8 Å². The number of aromatic nitrogens is 4. The second-order valence-corrected chi connectivity index (χ2v) is 7.44. The summed E-state index contributed by atoms with van der Waals surface area (Å²) in [6, 6.07) is 0. The van der Waals surface area contributed by atoms with E-state index >= 15 is 0 Å². The molecule has 0 radical (unpaired) electrons. The number of H-pyrrole nitrogens is 2. The summed E-state index contributed by atoms with van der Waals surface area (Å²) in [5.74, 6) is -3.38. The molecule has 0 aromatic carbocycles. The second kappa shape index (κ2) is 27.0. The van der Waals surface area contributed by atoms with Gasteiger partial charge in [-0.25, -0.2) is 14.8 Å². The molecule has 0 saturated heterocycles. The molecule has 4 aromatic heterocycles. The predicted octanol–water partition coefficient (Wildman–Crippen LogP) is -9.99. The molecule has 4 heterocycles. The number of hydrogen-bond acceptors (Lipinski definition) is 16. The minimum atomic E-state index is -1.78. The van der Waals surface area contributed by atoms with Gasteiger partial charge in [0.15, 0.2) is 0 Å². The number of pyridine rings is 2. The van der Waals surface area contributed by atoms with Gasteiger partial charge in [-0.3, -0.25) is 14.4 Å². The summed E-state index contributed by atoms with van der Waals surface area (Å²) in [5.41, 5.74) is 0.986. The number of fused-ring (bicyclic) bond motifs is 2.